The van der Waals surface area contributed by atoms with E-state index in [4.69, 9.17) is 14.9 Å². The van der Waals surface area contributed by atoms with Crippen LogP contribution in [-0.4, -0.2) is 17.1 Å². The summed E-state index contributed by atoms with van der Waals surface area (Å²) in [6.45, 7) is 0.963. The Hall–Kier alpha value is -2.08. The molecule has 0 saturated carbocycles. The van der Waals surface area contributed by atoms with E-state index in [9.17, 15) is 0 Å². The molecule has 2 heterocycles. The van der Waals surface area contributed by atoms with Gasteiger partial charge in [0.15, 0.2) is 5.82 Å². The lowest BCUT2D eigenvalue weighted by Crippen LogP contribution is -2.06. The minimum atomic E-state index is 0.339. The maximum Gasteiger partial charge on any atom is 0.158 e. The molecule has 0 aromatic carbocycles. The van der Waals surface area contributed by atoms with Crippen LogP contribution in [-0.2, 0) is 17.9 Å². The van der Waals surface area contributed by atoms with Crippen LogP contribution in [0, 0.1) is 0 Å². The Kier molecular flexibility index (Phi) is 3.56. The van der Waals surface area contributed by atoms with Crippen molar-refractivity contribution in [1.29, 1.82) is 0 Å². The lowest BCUT2D eigenvalue weighted by Gasteiger charge is -2.06. The molecule has 0 amide bonds. The van der Waals surface area contributed by atoms with Crippen molar-refractivity contribution in [3.05, 3.63) is 36.0 Å². The summed E-state index contributed by atoms with van der Waals surface area (Å²) in [7, 11) is 1.59. The van der Waals surface area contributed by atoms with E-state index in [1.165, 1.54) is 0 Å². The molecule has 0 aliphatic carbocycles. The zero-order valence-corrected chi connectivity index (χ0v) is 9.51. The standard InChI is InChI=1S/C11H14N4O2/c1-16-7-11-14-9(12)4-10(15-11)13-5-8-2-3-17-6-8/h2-4,6H,5,7H2,1H3,(H3,12,13,14,15). The van der Waals surface area contributed by atoms with Gasteiger partial charge in [0.1, 0.15) is 18.2 Å². The van der Waals surface area contributed by atoms with Crippen LogP contribution in [0.1, 0.15) is 11.4 Å². The topological polar surface area (TPSA) is 86.2 Å². The number of furan rings is 1. The Morgan fingerprint density at radius 2 is 2.35 bits per heavy atom. The second kappa shape index (κ2) is 5.31. The molecule has 0 aliphatic heterocycles. The number of nitrogens with one attached hydrogen (secondary N) is 1. The maximum atomic E-state index is 5.67. The predicted molar refractivity (Wildman–Crippen MR) is 63.2 cm³/mol. The van der Waals surface area contributed by atoms with Crippen LogP contribution in [0.3, 0.4) is 0 Å². The second-order valence-electron chi connectivity index (χ2n) is 3.51. The molecule has 0 atom stereocenters. The fourth-order valence-electron chi connectivity index (χ4n) is 1.39. The van der Waals surface area contributed by atoms with Gasteiger partial charge in [0.2, 0.25) is 0 Å². The molecule has 6 heteroatoms. The van der Waals surface area contributed by atoms with Gasteiger partial charge < -0.3 is 20.2 Å². The van der Waals surface area contributed by atoms with E-state index in [-0.39, 0.29) is 0 Å². The van der Waals surface area contributed by atoms with Crippen LogP contribution in [0.25, 0.3) is 0 Å². The van der Waals surface area contributed by atoms with E-state index in [0.29, 0.717) is 30.6 Å². The molecule has 0 fully saturated rings. The van der Waals surface area contributed by atoms with Gasteiger partial charge in [-0.2, -0.15) is 0 Å². The van der Waals surface area contributed by atoms with Gasteiger partial charge in [-0.25, -0.2) is 9.97 Å². The van der Waals surface area contributed by atoms with Gasteiger partial charge in [-0.1, -0.05) is 0 Å². The third-order valence-electron chi connectivity index (χ3n) is 2.12. The average molecular weight is 234 g/mol. The first-order valence-electron chi connectivity index (χ1n) is 5.15. The highest BCUT2D eigenvalue weighted by atomic mass is 16.5. The van der Waals surface area contributed by atoms with Crippen LogP contribution in [0.15, 0.2) is 29.1 Å². The highest BCUT2D eigenvalue weighted by molar-refractivity contribution is 5.44. The smallest absolute Gasteiger partial charge is 0.158 e. The van der Waals surface area contributed by atoms with Crippen LogP contribution in [0.5, 0.6) is 0 Å². The van der Waals surface area contributed by atoms with Crippen LogP contribution < -0.4 is 11.1 Å². The van der Waals surface area contributed by atoms with Gasteiger partial charge in [0, 0.05) is 25.3 Å². The van der Waals surface area contributed by atoms with Gasteiger partial charge in [-0.15, -0.1) is 0 Å². The summed E-state index contributed by atoms with van der Waals surface area (Å²) in [6, 6.07) is 3.56. The van der Waals surface area contributed by atoms with Crippen molar-refractivity contribution in [2.75, 3.05) is 18.2 Å². The Labute approximate surface area is 98.8 Å². The first-order valence-corrected chi connectivity index (χ1v) is 5.15. The normalized spacial score (nSPS) is 10.4. The van der Waals surface area contributed by atoms with Crippen molar-refractivity contribution in [2.24, 2.45) is 0 Å². The Morgan fingerprint density at radius 1 is 1.47 bits per heavy atom. The van der Waals surface area contributed by atoms with E-state index >= 15 is 0 Å². The summed E-state index contributed by atoms with van der Waals surface area (Å²) in [5, 5.41) is 3.14. The Bertz CT molecular complexity index is 470. The molecule has 17 heavy (non-hydrogen) atoms. The first kappa shape index (κ1) is 11.4. The maximum absolute atomic E-state index is 5.67. The van der Waals surface area contributed by atoms with Gasteiger partial charge in [0.25, 0.3) is 0 Å². The molecule has 0 spiro atoms. The second-order valence-corrected chi connectivity index (χ2v) is 3.51. The average Bonchev–Trinajstić information content (AvgIpc) is 2.79. The number of ether oxygens (including phenoxy) is 1. The van der Waals surface area contributed by atoms with Crippen LogP contribution in [0.4, 0.5) is 11.6 Å². The number of hydrogen-bond donors (Lipinski definition) is 2. The molecular weight excluding hydrogens is 220 g/mol. The lowest BCUT2D eigenvalue weighted by atomic mass is 10.3. The summed E-state index contributed by atoms with van der Waals surface area (Å²) in [6.07, 6.45) is 3.30. The molecule has 90 valence electrons. The highest BCUT2D eigenvalue weighted by Crippen LogP contribution is 2.11. The monoisotopic (exact) mass is 234 g/mol. The highest BCUT2D eigenvalue weighted by Gasteiger charge is 2.02. The van der Waals surface area contributed by atoms with Crippen molar-refractivity contribution in [3.8, 4) is 0 Å². The minimum absolute atomic E-state index is 0.339. The van der Waals surface area contributed by atoms with Crippen LogP contribution >= 0.6 is 0 Å². The molecule has 3 N–H and O–H groups in total. The zero-order valence-electron chi connectivity index (χ0n) is 9.51. The number of methoxy groups -OCH3 is 1. The van der Waals surface area contributed by atoms with Crippen LogP contribution in [0.2, 0.25) is 0 Å². The molecule has 0 radical (unpaired) electrons. The molecule has 2 aromatic rings. The van der Waals surface area contributed by atoms with E-state index in [2.05, 4.69) is 15.3 Å². The molecule has 0 aliphatic rings. The molecule has 2 rings (SSSR count). The minimum Gasteiger partial charge on any atom is -0.472 e. The summed E-state index contributed by atoms with van der Waals surface area (Å²) in [5.41, 5.74) is 6.71. The summed E-state index contributed by atoms with van der Waals surface area (Å²) in [4.78, 5) is 8.32. The van der Waals surface area contributed by atoms with Gasteiger partial charge in [-0.05, 0) is 6.07 Å². The van der Waals surface area contributed by atoms with Crippen molar-refractivity contribution in [1.82, 2.24) is 9.97 Å². The van der Waals surface area contributed by atoms with Gasteiger partial charge in [0.05, 0.1) is 12.5 Å². The van der Waals surface area contributed by atoms with Crippen molar-refractivity contribution in [3.63, 3.8) is 0 Å². The molecule has 0 saturated heterocycles. The Balaban J connectivity index is 2.04. The zero-order chi connectivity index (χ0) is 12.1. The van der Waals surface area contributed by atoms with Crippen molar-refractivity contribution < 1.29 is 9.15 Å². The predicted octanol–water partition coefficient (Wildman–Crippen LogP) is 1.41. The Morgan fingerprint density at radius 3 is 3.06 bits per heavy atom. The van der Waals surface area contributed by atoms with Gasteiger partial charge in [-0.3, -0.25) is 0 Å². The molecule has 6 nitrogen and oxygen atoms in total. The largest absolute Gasteiger partial charge is 0.472 e. The fraction of sp³-hybridized carbons (Fsp3) is 0.273. The molecule has 0 bridgehead atoms. The third-order valence-corrected chi connectivity index (χ3v) is 2.12. The van der Waals surface area contributed by atoms with E-state index in [1.807, 2.05) is 6.07 Å². The van der Waals surface area contributed by atoms with Gasteiger partial charge >= 0.3 is 0 Å². The number of aromatic nitrogens is 2. The van der Waals surface area contributed by atoms with E-state index in [1.54, 1.807) is 25.7 Å². The number of nitrogens with zero attached hydrogens (tertiary/aromatic N) is 2. The molecule has 0 unspecified atom stereocenters. The number of rotatable bonds is 5. The van der Waals surface area contributed by atoms with Crippen molar-refractivity contribution in [2.45, 2.75) is 13.2 Å². The quantitative estimate of drug-likeness (QED) is 0.813. The van der Waals surface area contributed by atoms with E-state index in [0.717, 1.165) is 5.56 Å². The van der Waals surface area contributed by atoms with E-state index < -0.39 is 0 Å². The summed E-state index contributed by atoms with van der Waals surface area (Å²) in [5.74, 6) is 1.65. The number of hydrogen-bond acceptors (Lipinski definition) is 6. The SMILES string of the molecule is COCc1nc(N)cc(NCc2ccoc2)n1. The number of nitrogens with two attached hydrogens (primary N) is 1. The van der Waals surface area contributed by atoms with Crippen molar-refractivity contribution >= 4 is 11.6 Å². The third kappa shape index (κ3) is 3.18. The lowest BCUT2D eigenvalue weighted by molar-refractivity contribution is 0.178. The fourth-order valence-corrected chi connectivity index (χ4v) is 1.39. The number of anilines is 2. The molecular formula is C11H14N4O2. The summed E-state index contributed by atoms with van der Waals surface area (Å²) >= 11 is 0. The first-order chi connectivity index (χ1) is 8.28. The number of nitrogen functional groups attached to an aromatic ring is 1. The molecule has 2 aromatic heterocycles. The summed E-state index contributed by atoms with van der Waals surface area (Å²) < 4.78 is 9.94.